The summed E-state index contributed by atoms with van der Waals surface area (Å²) in [6.45, 7) is 31.9. The van der Waals surface area contributed by atoms with Gasteiger partial charge in [-0.1, -0.05) is 41.5 Å². The van der Waals surface area contributed by atoms with Crippen LogP contribution < -0.4 is 0 Å². The van der Waals surface area contributed by atoms with Gasteiger partial charge in [0.2, 0.25) is 0 Å². The molecule has 3 fully saturated rings. The smallest absolute Gasteiger partial charge is 0.113 e. The van der Waals surface area contributed by atoms with Crippen LogP contribution >= 0.6 is 0 Å². The number of hydrogen-bond acceptors (Lipinski definition) is 6. The standard InChI is InChI=1S/C32H63N3O3/c1-20(2)30-33(23(7)8)17-28(18-37-30)15-25(10)35-27(12)29(19-38-32(35)22(5)6)16-26(11)34-24(9)13-14-36-31(34)21(3)4/h20-32H,13-19H2,1-12H3/t24-,25?,26?,27+,28?,29?,30?,31?,32?/m0/s1. The predicted octanol–water partition coefficient (Wildman–Crippen LogP) is 6.29. The molecule has 0 saturated carbocycles. The van der Waals surface area contributed by atoms with E-state index in [1.807, 2.05) is 0 Å². The first-order chi connectivity index (χ1) is 17.8. The lowest BCUT2D eigenvalue weighted by atomic mass is 9.86. The molecule has 7 unspecified atom stereocenters. The van der Waals surface area contributed by atoms with E-state index >= 15 is 0 Å². The Morgan fingerprint density at radius 2 is 1.21 bits per heavy atom. The Kier molecular flexibility index (Phi) is 12.0. The average molecular weight is 538 g/mol. The predicted molar refractivity (Wildman–Crippen MR) is 158 cm³/mol. The molecular weight excluding hydrogens is 474 g/mol. The van der Waals surface area contributed by atoms with E-state index in [2.05, 4.69) is 97.8 Å². The molecule has 3 aliphatic rings. The van der Waals surface area contributed by atoms with Gasteiger partial charge in [0.25, 0.3) is 0 Å². The van der Waals surface area contributed by atoms with E-state index in [4.69, 9.17) is 14.2 Å². The van der Waals surface area contributed by atoms with E-state index in [-0.39, 0.29) is 18.7 Å². The Labute approximate surface area is 236 Å². The van der Waals surface area contributed by atoms with Gasteiger partial charge in [-0.15, -0.1) is 0 Å². The normalized spacial score (nSPS) is 36.5. The summed E-state index contributed by atoms with van der Waals surface area (Å²) in [5, 5.41) is 0. The van der Waals surface area contributed by atoms with E-state index in [9.17, 15) is 0 Å². The molecule has 0 aliphatic carbocycles. The highest BCUT2D eigenvalue weighted by Crippen LogP contribution is 2.36. The minimum absolute atomic E-state index is 0.182. The highest BCUT2D eigenvalue weighted by Gasteiger charge is 2.43. The molecule has 3 rings (SSSR count). The van der Waals surface area contributed by atoms with E-state index in [1.54, 1.807) is 0 Å². The highest BCUT2D eigenvalue weighted by atomic mass is 16.5. The maximum atomic E-state index is 6.68. The molecular formula is C32H63N3O3. The first-order valence-electron chi connectivity index (χ1n) is 16.0. The zero-order chi connectivity index (χ0) is 28.3. The summed E-state index contributed by atoms with van der Waals surface area (Å²) in [7, 11) is 0. The van der Waals surface area contributed by atoms with Crippen LogP contribution in [-0.4, -0.2) is 90.0 Å². The van der Waals surface area contributed by atoms with E-state index in [1.165, 1.54) is 0 Å². The van der Waals surface area contributed by atoms with Crippen LogP contribution in [0.25, 0.3) is 0 Å². The maximum absolute atomic E-state index is 6.68. The largest absolute Gasteiger partial charge is 0.363 e. The molecule has 0 aromatic heterocycles. The van der Waals surface area contributed by atoms with Gasteiger partial charge in [0.05, 0.1) is 19.8 Å². The molecule has 0 N–H and O–H groups in total. The Bertz CT molecular complexity index is 701. The van der Waals surface area contributed by atoms with Crippen molar-refractivity contribution in [2.75, 3.05) is 26.4 Å². The van der Waals surface area contributed by atoms with Crippen LogP contribution in [0, 0.1) is 29.6 Å². The summed E-state index contributed by atoms with van der Waals surface area (Å²) in [5.41, 5.74) is 0. The Morgan fingerprint density at radius 1 is 0.658 bits per heavy atom. The van der Waals surface area contributed by atoms with Gasteiger partial charge >= 0.3 is 0 Å². The van der Waals surface area contributed by atoms with Crippen molar-refractivity contribution in [2.45, 2.75) is 151 Å². The third-order valence-corrected chi connectivity index (χ3v) is 9.56. The number of rotatable bonds is 10. The van der Waals surface area contributed by atoms with E-state index < -0.39 is 0 Å². The monoisotopic (exact) mass is 537 g/mol. The average Bonchev–Trinajstić information content (AvgIpc) is 2.84. The molecule has 6 heteroatoms. The lowest BCUT2D eigenvalue weighted by Gasteiger charge is -2.52. The Morgan fingerprint density at radius 3 is 1.79 bits per heavy atom. The van der Waals surface area contributed by atoms with Gasteiger partial charge in [-0.3, -0.25) is 14.7 Å². The van der Waals surface area contributed by atoms with Gasteiger partial charge in [0.1, 0.15) is 18.7 Å². The Hall–Kier alpha value is -0.240. The molecule has 0 aromatic carbocycles. The second-order valence-electron chi connectivity index (χ2n) is 14.3. The number of ether oxygens (including phenoxy) is 3. The second kappa shape index (κ2) is 14.1. The van der Waals surface area contributed by atoms with Crippen molar-refractivity contribution in [1.29, 1.82) is 0 Å². The third kappa shape index (κ3) is 7.53. The molecule has 0 radical (unpaired) electrons. The van der Waals surface area contributed by atoms with Gasteiger partial charge in [-0.05, 0) is 90.4 Å². The molecule has 0 aromatic rings. The molecule has 3 aliphatic heterocycles. The topological polar surface area (TPSA) is 37.4 Å². The van der Waals surface area contributed by atoms with Crippen molar-refractivity contribution in [1.82, 2.24) is 14.7 Å². The fraction of sp³-hybridized carbons (Fsp3) is 1.00. The van der Waals surface area contributed by atoms with Gasteiger partial charge in [0.15, 0.2) is 0 Å². The van der Waals surface area contributed by atoms with Crippen LogP contribution in [-0.2, 0) is 14.2 Å². The lowest BCUT2D eigenvalue weighted by molar-refractivity contribution is -0.197. The fourth-order valence-electron chi connectivity index (χ4n) is 7.62. The summed E-state index contributed by atoms with van der Waals surface area (Å²) in [6.07, 6.45) is 4.06. The Balaban J connectivity index is 1.70. The van der Waals surface area contributed by atoms with Crippen molar-refractivity contribution in [3.05, 3.63) is 0 Å². The van der Waals surface area contributed by atoms with Crippen molar-refractivity contribution >= 4 is 0 Å². The van der Waals surface area contributed by atoms with Crippen LogP contribution in [0.3, 0.4) is 0 Å². The first-order valence-corrected chi connectivity index (χ1v) is 16.0. The lowest BCUT2D eigenvalue weighted by Crippen LogP contribution is -2.60. The van der Waals surface area contributed by atoms with E-state index in [0.717, 1.165) is 45.6 Å². The zero-order valence-electron chi connectivity index (χ0n) is 27.0. The summed E-state index contributed by atoms with van der Waals surface area (Å²) in [4.78, 5) is 7.98. The molecule has 0 bridgehead atoms. The SMILES string of the molecule is CC(C)C1OCC(CC(C)N2C(C(C)C)OCC(CC(C)N3C(C(C)C)OCC[C@@H]3C)[C@H]2C)CN1C(C)C. The van der Waals surface area contributed by atoms with Crippen molar-refractivity contribution in [3.63, 3.8) is 0 Å². The molecule has 0 spiro atoms. The van der Waals surface area contributed by atoms with Crippen LogP contribution in [0.4, 0.5) is 0 Å². The first kappa shape index (κ1) is 32.3. The van der Waals surface area contributed by atoms with Crippen LogP contribution in [0.15, 0.2) is 0 Å². The highest BCUT2D eigenvalue weighted by molar-refractivity contribution is 4.92. The van der Waals surface area contributed by atoms with Crippen molar-refractivity contribution in [3.8, 4) is 0 Å². The van der Waals surface area contributed by atoms with Gasteiger partial charge in [-0.25, -0.2) is 0 Å². The molecule has 3 saturated heterocycles. The van der Waals surface area contributed by atoms with Crippen molar-refractivity contribution in [2.24, 2.45) is 29.6 Å². The third-order valence-electron chi connectivity index (χ3n) is 9.56. The summed E-state index contributed by atoms with van der Waals surface area (Å²) in [5.74, 6) is 2.56. The molecule has 9 atom stereocenters. The van der Waals surface area contributed by atoms with Crippen LogP contribution in [0.5, 0.6) is 0 Å². The number of hydrogen-bond donors (Lipinski definition) is 0. The van der Waals surface area contributed by atoms with Crippen molar-refractivity contribution < 1.29 is 14.2 Å². The van der Waals surface area contributed by atoms with E-state index in [0.29, 0.717) is 59.8 Å². The minimum atomic E-state index is 0.182. The minimum Gasteiger partial charge on any atom is -0.363 e. The zero-order valence-corrected chi connectivity index (χ0v) is 27.0. The van der Waals surface area contributed by atoms with Crippen LogP contribution in [0.1, 0.15) is 102 Å². The molecule has 0 amide bonds. The van der Waals surface area contributed by atoms with Gasteiger partial charge < -0.3 is 14.2 Å². The fourth-order valence-corrected chi connectivity index (χ4v) is 7.62. The van der Waals surface area contributed by atoms with Gasteiger partial charge in [0, 0.05) is 36.8 Å². The summed E-state index contributed by atoms with van der Waals surface area (Å²) < 4.78 is 19.4. The molecule has 224 valence electrons. The molecule has 6 nitrogen and oxygen atoms in total. The maximum Gasteiger partial charge on any atom is 0.113 e. The van der Waals surface area contributed by atoms with Gasteiger partial charge in [-0.2, -0.15) is 0 Å². The summed E-state index contributed by atoms with van der Waals surface area (Å²) in [6, 6.07) is 2.48. The second-order valence-corrected chi connectivity index (χ2v) is 14.3. The quantitative estimate of drug-likeness (QED) is 0.326. The molecule has 3 heterocycles. The summed E-state index contributed by atoms with van der Waals surface area (Å²) >= 11 is 0. The van der Waals surface area contributed by atoms with Crippen LogP contribution in [0.2, 0.25) is 0 Å². The number of nitrogens with zero attached hydrogens (tertiary/aromatic N) is 3. The molecule has 38 heavy (non-hydrogen) atoms.